The topological polar surface area (TPSA) is 106 Å². The van der Waals surface area contributed by atoms with Gasteiger partial charge in [0.15, 0.2) is 5.82 Å². The Morgan fingerprint density at radius 1 is 1.11 bits per heavy atom. The summed E-state index contributed by atoms with van der Waals surface area (Å²) in [6.45, 7) is 0.521. The van der Waals surface area contributed by atoms with E-state index in [2.05, 4.69) is 20.8 Å². The van der Waals surface area contributed by atoms with E-state index in [0.29, 0.717) is 17.1 Å². The molecule has 1 aromatic carbocycles. The van der Waals surface area contributed by atoms with Crippen molar-refractivity contribution >= 4 is 11.8 Å². The van der Waals surface area contributed by atoms with Crippen LogP contribution < -0.4 is 15.4 Å². The number of nitrogens with one attached hydrogen (secondary N) is 2. The average molecular weight is 372 g/mol. The molecule has 2 N–H and O–H groups in total. The number of nitrogens with zero attached hydrogens (tertiary/aromatic N) is 2. The first-order chi connectivity index (χ1) is 13.2. The van der Waals surface area contributed by atoms with E-state index >= 15 is 0 Å². The van der Waals surface area contributed by atoms with Gasteiger partial charge in [0.05, 0.1) is 12.7 Å². The molecule has 3 rings (SSSR count). The molecule has 0 spiro atoms. The SMILES string of the molecule is COc1ccccc1C(=O)NCCNC(=O)c1nc(C2CCCCC2)no1. The maximum absolute atomic E-state index is 12.2. The standard InChI is InChI=1S/C19H24N4O4/c1-26-15-10-6-5-9-14(15)17(24)20-11-12-21-18(25)19-22-16(23-27-19)13-7-3-2-4-8-13/h5-6,9-10,13H,2-4,7-8,11-12H2,1H3,(H,20,24)(H,21,25). The van der Waals surface area contributed by atoms with Gasteiger partial charge in [0.2, 0.25) is 0 Å². The van der Waals surface area contributed by atoms with Crippen LogP contribution in [0.15, 0.2) is 28.8 Å². The molecule has 144 valence electrons. The van der Waals surface area contributed by atoms with Crippen molar-refractivity contribution < 1.29 is 18.8 Å². The molecule has 1 heterocycles. The Balaban J connectivity index is 1.44. The third-order valence-corrected chi connectivity index (χ3v) is 4.65. The summed E-state index contributed by atoms with van der Waals surface area (Å²) in [6, 6.07) is 6.95. The second kappa shape index (κ2) is 9.16. The molecular formula is C19H24N4O4. The number of amides is 2. The predicted molar refractivity (Wildman–Crippen MR) is 97.8 cm³/mol. The van der Waals surface area contributed by atoms with Crippen molar-refractivity contribution in [2.45, 2.75) is 38.0 Å². The summed E-state index contributed by atoms with van der Waals surface area (Å²) in [5, 5.41) is 9.35. The van der Waals surface area contributed by atoms with Crippen LogP contribution in [0.3, 0.4) is 0 Å². The Morgan fingerprint density at radius 2 is 1.81 bits per heavy atom. The van der Waals surface area contributed by atoms with Gasteiger partial charge >= 0.3 is 11.8 Å². The summed E-state index contributed by atoms with van der Waals surface area (Å²) >= 11 is 0. The smallest absolute Gasteiger partial charge is 0.315 e. The molecule has 0 unspecified atom stereocenters. The summed E-state index contributed by atoms with van der Waals surface area (Å²) in [5.74, 6) is 0.662. The van der Waals surface area contributed by atoms with Crippen LogP contribution in [0.25, 0.3) is 0 Å². The Hall–Kier alpha value is -2.90. The summed E-state index contributed by atoms with van der Waals surface area (Å²) in [6.07, 6.45) is 5.63. The number of aromatic nitrogens is 2. The molecule has 1 aliphatic carbocycles. The molecular weight excluding hydrogens is 348 g/mol. The van der Waals surface area contributed by atoms with E-state index in [1.54, 1.807) is 24.3 Å². The average Bonchev–Trinajstić information content (AvgIpc) is 3.22. The minimum absolute atomic E-state index is 0.0355. The molecule has 1 aliphatic rings. The Bertz CT molecular complexity index is 784. The lowest BCUT2D eigenvalue weighted by Crippen LogP contribution is -2.35. The number of benzene rings is 1. The molecule has 0 radical (unpaired) electrons. The lowest BCUT2D eigenvalue weighted by Gasteiger charge is -2.17. The Kier molecular flexibility index (Phi) is 6.40. The van der Waals surface area contributed by atoms with Crippen LogP contribution in [-0.4, -0.2) is 42.2 Å². The molecule has 27 heavy (non-hydrogen) atoms. The fraction of sp³-hybridized carbons (Fsp3) is 0.474. The van der Waals surface area contributed by atoms with Gasteiger partial charge in [0.1, 0.15) is 5.75 Å². The zero-order valence-electron chi connectivity index (χ0n) is 15.4. The van der Waals surface area contributed by atoms with E-state index in [1.165, 1.54) is 13.5 Å². The molecule has 8 nitrogen and oxygen atoms in total. The van der Waals surface area contributed by atoms with Gasteiger partial charge in [-0.25, -0.2) is 0 Å². The lowest BCUT2D eigenvalue weighted by molar-refractivity contribution is 0.0897. The molecule has 8 heteroatoms. The highest BCUT2D eigenvalue weighted by Crippen LogP contribution is 2.30. The van der Waals surface area contributed by atoms with Gasteiger partial charge in [-0.05, 0) is 25.0 Å². The van der Waals surface area contributed by atoms with Crippen LogP contribution in [0.5, 0.6) is 5.75 Å². The van der Waals surface area contributed by atoms with Crippen LogP contribution >= 0.6 is 0 Å². The maximum atomic E-state index is 12.2. The van der Waals surface area contributed by atoms with Gasteiger partial charge in [-0.1, -0.05) is 36.6 Å². The number of carbonyl (C=O) groups excluding carboxylic acids is 2. The molecule has 0 aliphatic heterocycles. The molecule has 1 aromatic heterocycles. The van der Waals surface area contributed by atoms with Crippen molar-refractivity contribution in [2.24, 2.45) is 0 Å². The second-order valence-corrected chi connectivity index (χ2v) is 6.50. The van der Waals surface area contributed by atoms with E-state index in [9.17, 15) is 9.59 Å². The summed E-state index contributed by atoms with van der Waals surface area (Å²) in [4.78, 5) is 28.5. The normalized spacial score (nSPS) is 14.6. The highest BCUT2D eigenvalue weighted by molar-refractivity contribution is 5.97. The van der Waals surface area contributed by atoms with E-state index in [-0.39, 0.29) is 30.8 Å². The van der Waals surface area contributed by atoms with Crippen molar-refractivity contribution in [3.63, 3.8) is 0 Å². The van der Waals surface area contributed by atoms with Crippen LogP contribution in [-0.2, 0) is 0 Å². The van der Waals surface area contributed by atoms with Crippen LogP contribution in [0.1, 0.15) is 64.9 Å². The zero-order valence-corrected chi connectivity index (χ0v) is 15.4. The molecule has 2 amide bonds. The van der Waals surface area contributed by atoms with Gasteiger partial charge in [-0.15, -0.1) is 0 Å². The van der Waals surface area contributed by atoms with Gasteiger partial charge in [0.25, 0.3) is 5.91 Å². The fourth-order valence-electron chi connectivity index (χ4n) is 3.21. The molecule has 0 bridgehead atoms. The third kappa shape index (κ3) is 4.84. The van der Waals surface area contributed by atoms with Gasteiger partial charge < -0.3 is 19.9 Å². The molecule has 1 fully saturated rings. The number of ether oxygens (including phenoxy) is 1. The molecule has 2 aromatic rings. The lowest BCUT2D eigenvalue weighted by atomic mass is 9.89. The molecule has 1 saturated carbocycles. The first-order valence-corrected chi connectivity index (χ1v) is 9.22. The van der Waals surface area contributed by atoms with E-state index < -0.39 is 5.91 Å². The summed E-state index contributed by atoms with van der Waals surface area (Å²) in [7, 11) is 1.51. The van der Waals surface area contributed by atoms with E-state index in [4.69, 9.17) is 9.26 Å². The van der Waals surface area contributed by atoms with Crippen molar-refractivity contribution in [3.05, 3.63) is 41.5 Å². The number of carbonyl (C=O) groups is 2. The molecule has 0 atom stereocenters. The van der Waals surface area contributed by atoms with Crippen molar-refractivity contribution in [3.8, 4) is 5.75 Å². The minimum atomic E-state index is -0.434. The monoisotopic (exact) mass is 372 g/mol. The number of methoxy groups -OCH3 is 1. The second-order valence-electron chi connectivity index (χ2n) is 6.50. The van der Waals surface area contributed by atoms with Crippen molar-refractivity contribution in [1.82, 2.24) is 20.8 Å². The minimum Gasteiger partial charge on any atom is -0.496 e. The van der Waals surface area contributed by atoms with Gasteiger partial charge in [-0.2, -0.15) is 4.98 Å². The Morgan fingerprint density at radius 3 is 2.56 bits per heavy atom. The highest BCUT2D eigenvalue weighted by atomic mass is 16.5. The van der Waals surface area contributed by atoms with E-state index in [1.807, 2.05) is 0 Å². The van der Waals surface area contributed by atoms with Gasteiger partial charge in [-0.3, -0.25) is 9.59 Å². The molecule has 0 saturated heterocycles. The largest absolute Gasteiger partial charge is 0.496 e. The quantitative estimate of drug-likeness (QED) is 0.722. The number of hydrogen-bond acceptors (Lipinski definition) is 6. The highest BCUT2D eigenvalue weighted by Gasteiger charge is 2.23. The van der Waals surface area contributed by atoms with Crippen LogP contribution in [0.2, 0.25) is 0 Å². The third-order valence-electron chi connectivity index (χ3n) is 4.65. The summed E-state index contributed by atoms with van der Waals surface area (Å²) < 4.78 is 10.2. The van der Waals surface area contributed by atoms with Gasteiger partial charge in [0, 0.05) is 19.0 Å². The number of hydrogen-bond donors (Lipinski definition) is 2. The maximum Gasteiger partial charge on any atom is 0.315 e. The van der Waals surface area contributed by atoms with Crippen molar-refractivity contribution in [2.75, 3.05) is 20.2 Å². The first-order valence-electron chi connectivity index (χ1n) is 9.22. The van der Waals surface area contributed by atoms with E-state index in [0.717, 1.165) is 25.7 Å². The Labute approximate surface area is 157 Å². The van der Waals surface area contributed by atoms with Crippen LogP contribution in [0.4, 0.5) is 0 Å². The fourth-order valence-corrected chi connectivity index (χ4v) is 3.21. The van der Waals surface area contributed by atoms with Crippen molar-refractivity contribution in [1.29, 1.82) is 0 Å². The zero-order chi connectivity index (χ0) is 19.1. The summed E-state index contributed by atoms with van der Waals surface area (Å²) in [5.41, 5.74) is 0.445. The first kappa shape index (κ1) is 18.9. The number of para-hydroxylation sites is 1. The number of rotatable bonds is 7. The predicted octanol–water partition coefficient (Wildman–Crippen LogP) is 2.29. The van der Waals surface area contributed by atoms with Crippen LogP contribution in [0, 0.1) is 0 Å².